The number of aliphatic hydroxyl groups is 1. The second-order valence-electron chi connectivity index (χ2n) is 7.16. The van der Waals surface area contributed by atoms with Crippen LogP contribution in [0.15, 0.2) is 60.7 Å². The first-order chi connectivity index (χ1) is 15.0. The Hall–Kier alpha value is -3.50. The highest BCUT2D eigenvalue weighted by Gasteiger charge is 2.07. The quantitative estimate of drug-likeness (QED) is 0.334. The summed E-state index contributed by atoms with van der Waals surface area (Å²) in [5.41, 5.74) is 17.6. The fourth-order valence-corrected chi connectivity index (χ4v) is 2.84. The first kappa shape index (κ1) is 23.8. The average molecular weight is 417 g/mol. The Kier molecular flexibility index (Phi) is 9.40. The van der Waals surface area contributed by atoms with Crippen LogP contribution in [0.5, 0.6) is 5.75 Å². The van der Waals surface area contributed by atoms with E-state index in [9.17, 15) is 5.11 Å². The molecule has 0 unspecified atom stereocenters. The van der Waals surface area contributed by atoms with Gasteiger partial charge in [-0.05, 0) is 58.7 Å². The fourth-order valence-electron chi connectivity index (χ4n) is 2.84. The van der Waals surface area contributed by atoms with E-state index in [1.165, 1.54) is 6.42 Å². The minimum absolute atomic E-state index is 0.0614. The molecule has 0 fully saturated rings. The van der Waals surface area contributed by atoms with Gasteiger partial charge >= 0.3 is 0 Å². The zero-order chi connectivity index (χ0) is 22.6. The van der Waals surface area contributed by atoms with E-state index in [0.29, 0.717) is 0 Å². The zero-order valence-corrected chi connectivity index (χ0v) is 18.5. The van der Waals surface area contributed by atoms with Gasteiger partial charge in [-0.15, -0.1) is 0 Å². The highest BCUT2D eigenvalue weighted by molar-refractivity contribution is 5.78. The zero-order valence-electron chi connectivity index (χ0n) is 18.5. The summed E-state index contributed by atoms with van der Waals surface area (Å²) >= 11 is 0. The molecule has 3 rings (SSSR count). The van der Waals surface area contributed by atoms with E-state index in [1.54, 1.807) is 7.11 Å². The van der Waals surface area contributed by atoms with Crippen molar-refractivity contribution < 1.29 is 9.84 Å². The van der Waals surface area contributed by atoms with Crippen molar-refractivity contribution in [2.75, 3.05) is 18.6 Å². The van der Waals surface area contributed by atoms with Crippen LogP contribution >= 0.6 is 0 Å². The maximum absolute atomic E-state index is 9.83. The van der Waals surface area contributed by atoms with E-state index >= 15 is 0 Å². The number of nitrogen functional groups attached to an aromatic ring is 2. The summed E-state index contributed by atoms with van der Waals surface area (Å²) in [4.78, 5) is 0. The van der Waals surface area contributed by atoms with Crippen molar-refractivity contribution in [1.29, 1.82) is 0 Å². The van der Waals surface area contributed by atoms with Crippen LogP contribution in [0.3, 0.4) is 0 Å². The predicted molar refractivity (Wildman–Crippen MR) is 134 cm³/mol. The number of anilines is 2. The third-order valence-electron chi connectivity index (χ3n) is 4.45. The monoisotopic (exact) mass is 416 g/mol. The van der Waals surface area contributed by atoms with Gasteiger partial charge in [-0.2, -0.15) is 0 Å². The van der Waals surface area contributed by atoms with Gasteiger partial charge in [-0.1, -0.05) is 68.8 Å². The lowest BCUT2D eigenvalue weighted by molar-refractivity contribution is 0.281. The van der Waals surface area contributed by atoms with Gasteiger partial charge in [0.05, 0.1) is 13.7 Å². The maximum Gasteiger partial charge on any atom is 0.126 e. The number of aliphatic hydroxyl groups excluding tert-OH is 1. The van der Waals surface area contributed by atoms with Crippen LogP contribution in [0.25, 0.3) is 24.3 Å². The van der Waals surface area contributed by atoms with Gasteiger partial charge in [0, 0.05) is 16.9 Å². The Labute approximate surface area is 185 Å². The normalized spacial score (nSPS) is 10.8. The second-order valence-corrected chi connectivity index (χ2v) is 7.16. The Morgan fingerprint density at radius 1 is 0.742 bits per heavy atom. The number of hydrogen-bond acceptors (Lipinski definition) is 4. The number of rotatable bonds is 6. The van der Waals surface area contributed by atoms with Gasteiger partial charge in [-0.3, -0.25) is 0 Å². The van der Waals surface area contributed by atoms with Crippen LogP contribution in [0.4, 0.5) is 11.4 Å². The Morgan fingerprint density at radius 3 is 1.61 bits per heavy atom. The van der Waals surface area contributed by atoms with Crippen LogP contribution < -0.4 is 16.2 Å². The van der Waals surface area contributed by atoms with Crippen molar-refractivity contribution in [2.24, 2.45) is 0 Å². The first-order valence-corrected chi connectivity index (χ1v) is 10.4. The lowest BCUT2D eigenvalue weighted by Crippen LogP contribution is -1.94. The maximum atomic E-state index is 9.83. The van der Waals surface area contributed by atoms with Gasteiger partial charge < -0.3 is 21.3 Å². The molecule has 0 aliphatic heterocycles. The van der Waals surface area contributed by atoms with Crippen molar-refractivity contribution in [3.8, 4) is 5.75 Å². The number of benzene rings is 3. The molecule has 4 nitrogen and oxygen atoms in total. The van der Waals surface area contributed by atoms with Crippen LogP contribution in [0.1, 0.15) is 48.1 Å². The molecule has 31 heavy (non-hydrogen) atoms. The molecule has 3 aromatic carbocycles. The fraction of sp³-hybridized carbons (Fsp3) is 0.185. The third kappa shape index (κ3) is 7.36. The van der Waals surface area contributed by atoms with Gasteiger partial charge in [-0.25, -0.2) is 0 Å². The van der Waals surface area contributed by atoms with E-state index in [2.05, 4.69) is 13.8 Å². The van der Waals surface area contributed by atoms with Crippen molar-refractivity contribution in [1.82, 2.24) is 0 Å². The van der Waals surface area contributed by atoms with Crippen LogP contribution in [0, 0.1) is 0 Å². The third-order valence-corrected chi connectivity index (χ3v) is 4.45. The Morgan fingerprint density at radius 2 is 1.19 bits per heavy atom. The van der Waals surface area contributed by atoms with Crippen molar-refractivity contribution in [2.45, 2.75) is 26.9 Å². The van der Waals surface area contributed by atoms with Crippen LogP contribution in [-0.4, -0.2) is 12.2 Å². The van der Waals surface area contributed by atoms with Gasteiger partial charge in [0.25, 0.3) is 0 Å². The van der Waals surface area contributed by atoms with Crippen molar-refractivity contribution in [3.63, 3.8) is 0 Å². The molecule has 4 heteroatoms. The molecule has 0 aliphatic rings. The highest BCUT2D eigenvalue weighted by atomic mass is 16.5. The molecule has 3 aromatic rings. The van der Waals surface area contributed by atoms with E-state index in [4.69, 9.17) is 16.2 Å². The number of nitrogens with two attached hydrogens (primary N) is 2. The van der Waals surface area contributed by atoms with Gasteiger partial charge in [0.2, 0.25) is 0 Å². The van der Waals surface area contributed by atoms with Crippen molar-refractivity contribution >= 4 is 35.7 Å². The van der Waals surface area contributed by atoms with Crippen LogP contribution in [-0.2, 0) is 6.61 Å². The molecule has 0 saturated carbocycles. The number of methoxy groups -OCH3 is 1. The summed E-state index contributed by atoms with van der Waals surface area (Å²) < 4.78 is 5.56. The number of ether oxygens (including phenoxy) is 1. The molecule has 0 aliphatic carbocycles. The molecular formula is C27H32N2O2. The van der Waals surface area contributed by atoms with E-state index in [1.807, 2.05) is 85.0 Å². The van der Waals surface area contributed by atoms with E-state index in [-0.39, 0.29) is 6.61 Å². The summed E-state index contributed by atoms with van der Waals surface area (Å²) in [6.07, 6.45) is 9.16. The molecule has 0 saturated heterocycles. The van der Waals surface area contributed by atoms with E-state index in [0.717, 1.165) is 44.9 Å². The molecule has 0 bridgehead atoms. The van der Waals surface area contributed by atoms with Gasteiger partial charge in [0.15, 0.2) is 0 Å². The summed E-state index contributed by atoms with van der Waals surface area (Å²) in [6.45, 7) is 4.19. The summed E-state index contributed by atoms with van der Waals surface area (Å²) in [6, 6.07) is 19.1. The largest absolute Gasteiger partial charge is 0.496 e. The molecule has 0 radical (unpaired) electrons. The lowest BCUT2D eigenvalue weighted by atomic mass is 10.0. The molecule has 162 valence electrons. The van der Waals surface area contributed by atoms with Crippen LogP contribution in [0.2, 0.25) is 0 Å². The number of hydrogen-bond donors (Lipinski definition) is 3. The SMILES string of the molecule is CCC.COc1cc(/C=C/c2ccc(N)cc2)c(CO)cc1/C=C/c1ccc(N)cc1. The Balaban J connectivity index is 0.00000107. The summed E-state index contributed by atoms with van der Waals surface area (Å²) in [7, 11) is 1.64. The molecule has 0 atom stereocenters. The summed E-state index contributed by atoms with van der Waals surface area (Å²) in [5.74, 6) is 0.737. The molecule has 5 N–H and O–H groups in total. The summed E-state index contributed by atoms with van der Waals surface area (Å²) in [5, 5.41) is 9.83. The molecule has 0 spiro atoms. The smallest absolute Gasteiger partial charge is 0.126 e. The average Bonchev–Trinajstić information content (AvgIpc) is 2.78. The van der Waals surface area contributed by atoms with Crippen molar-refractivity contribution in [3.05, 3.63) is 88.5 Å². The molecule has 0 amide bonds. The predicted octanol–water partition coefficient (Wildman–Crippen LogP) is 6.11. The molecule has 0 aromatic heterocycles. The second kappa shape index (κ2) is 12.3. The Bertz CT molecular complexity index is 921. The molecular weight excluding hydrogens is 384 g/mol. The van der Waals surface area contributed by atoms with E-state index < -0.39 is 0 Å². The highest BCUT2D eigenvalue weighted by Crippen LogP contribution is 2.27. The standard InChI is InChI=1S/C24H24N2O2.C3H8/c1-28-24-15-19(8-2-17-4-10-22(25)11-5-17)21(16-27)14-20(24)9-3-18-6-12-23(26)13-7-18;1-3-2/h2-15,27H,16,25-26H2,1H3;3H2,1-2H3/b8-2+,9-3+;. The minimum Gasteiger partial charge on any atom is -0.496 e. The molecule has 0 heterocycles. The first-order valence-electron chi connectivity index (χ1n) is 10.4. The van der Waals surface area contributed by atoms with Gasteiger partial charge in [0.1, 0.15) is 5.75 Å². The minimum atomic E-state index is -0.0614. The topological polar surface area (TPSA) is 81.5 Å². The lowest BCUT2D eigenvalue weighted by Gasteiger charge is -2.11.